The molecule has 2 aromatic rings. The molecule has 1 atom stereocenters. The fraction of sp³-hybridized carbons (Fsp3) is 0.438. The lowest BCUT2D eigenvalue weighted by Crippen LogP contribution is -2.37. The minimum atomic E-state index is -3.02. The smallest absolute Gasteiger partial charge is 0.255 e. The Bertz CT molecular complexity index is 842. The molecule has 128 valence electrons. The van der Waals surface area contributed by atoms with E-state index in [1.54, 1.807) is 25.4 Å². The number of carbonyl (C=O) groups is 1. The Kier molecular flexibility index (Phi) is 4.40. The largest absolute Gasteiger partial charge is 0.338 e. The SMILES string of the molecule is CCc1nccn1-c1ccc(C(=O)N(C)[C@@H]2CCS(=O)(=O)C2)cn1. The molecule has 24 heavy (non-hydrogen) atoms. The fourth-order valence-electron chi connectivity index (χ4n) is 2.91. The Morgan fingerprint density at radius 3 is 2.75 bits per heavy atom. The first-order valence-electron chi connectivity index (χ1n) is 7.87. The first kappa shape index (κ1) is 16.6. The summed E-state index contributed by atoms with van der Waals surface area (Å²) in [4.78, 5) is 22.6. The number of imidazole rings is 1. The molecule has 0 radical (unpaired) electrons. The van der Waals surface area contributed by atoms with Crippen molar-refractivity contribution >= 4 is 15.7 Å². The monoisotopic (exact) mass is 348 g/mol. The molecule has 8 heteroatoms. The van der Waals surface area contributed by atoms with Gasteiger partial charge in [-0.05, 0) is 18.6 Å². The average Bonchev–Trinajstić information content (AvgIpc) is 3.19. The van der Waals surface area contributed by atoms with Crippen molar-refractivity contribution < 1.29 is 13.2 Å². The Balaban J connectivity index is 1.77. The molecule has 1 amide bonds. The van der Waals surface area contributed by atoms with E-state index in [1.807, 2.05) is 17.7 Å². The molecule has 0 bridgehead atoms. The van der Waals surface area contributed by atoms with E-state index in [0.29, 0.717) is 17.8 Å². The molecule has 0 spiro atoms. The highest BCUT2D eigenvalue weighted by molar-refractivity contribution is 7.91. The minimum absolute atomic E-state index is 0.0373. The van der Waals surface area contributed by atoms with Crippen LogP contribution in [0.3, 0.4) is 0 Å². The van der Waals surface area contributed by atoms with Crippen LogP contribution in [0.25, 0.3) is 5.82 Å². The number of aromatic nitrogens is 3. The summed E-state index contributed by atoms with van der Waals surface area (Å²) in [5, 5.41) is 0. The second-order valence-electron chi connectivity index (χ2n) is 5.95. The second kappa shape index (κ2) is 6.35. The molecule has 7 nitrogen and oxygen atoms in total. The zero-order chi connectivity index (χ0) is 17.3. The van der Waals surface area contributed by atoms with Crippen LogP contribution in [0.1, 0.15) is 29.5 Å². The van der Waals surface area contributed by atoms with Crippen LogP contribution in [-0.2, 0) is 16.3 Å². The summed E-state index contributed by atoms with van der Waals surface area (Å²) in [6, 6.07) is 3.22. The predicted molar refractivity (Wildman–Crippen MR) is 89.9 cm³/mol. The van der Waals surface area contributed by atoms with Crippen molar-refractivity contribution in [3.63, 3.8) is 0 Å². The molecule has 3 heterocycles. The average molecular weight is 348 g/mol. The van der Waals surface area contributed by atoms with E-state index in [4.69, 9.17) is 0 Å². The third-order valence-corrected chi connectivity index (χ3v) is 6.10. The van der Waals surface area contributed by atoms with E-state index in [-0.39, 0.29) is 23.5 Å². The highest BCUT2D eigenvalue weighted by Gasteiger charge is 2.33. The van der Waals surface area contributed by atoms with Crippen molar-refractivity contribution in [1.82, 2.24) is 19.4 Å². The van der Waals surface area contributed by atoms with Crippen LogP contribution in [0.2, 0.25) is 0 Å². The van der Waals surface area contributed by atoms with Gasteiger partial charge in [-0.15, -0.1) is 0 Å². The van der Waals surface area contributed by atoms with Crippen molar-refractivity contribution in [1.29, 1.82) is 0 Å². The molecular weight excluding hydrogens is 328 g/mol. The molecule has 1 saturated heterocycles. The molecule has 0 saturated carbocycles. The number of sulfone groups is 1. The lowest BCUT2D eigenvalue weighted by molar-refractivity contribution is 0.0747. The summed E-state index contributed by atoms with van der Waals surface area (Å²) in [7, 11) is -1.37. The van der Waals surface area contributed by atoms with Crippen molar-refractivity contribution in [2.45, 2.75) is 25.8 Å². The fourth-order valence-corrected chi connectivity index (χ4v) is 4.68. The number of rotatable bonds is 4. The van der Waals surface area contributed by atoms with Crippen LogP contribution in [0, 0.1) is 0 Å². The quantitative estimate of drug-likeness (QED) is 0.826. The highest BCUT2D eigenvalue weighted by atomic mass is 32.2. The van der Waals surface area contributed by atoms with Crippen molar-refractivity contribution in [2.24, 2.45) is 0 Å². The number of hydrogen-bond donors (Lipinski definition) is 0. The van der Waals surface area contributed by atoms with Gasteiger partial charge in [0.25, 0.3) is 5.91 Å². The normalized spacial score (nSPS) is 19.3. The standard InChI is InChI=1S/C16H20N4O3S/c1-3-14-17-7-8-20(14)15-5-4-12(10-18-15)16(21)19(2)13-6-9-24(22,23)11-13/h4-5,7-8,10,13H,3,6,9,11H2,1-2H3/t13-/m1/s1. The van der Waals surface area contributed by atoms with Gasteiger partial charge >= 0.3 is 0 Å². The summed E-state index contributed by atoms with van der Waals surface area (Å²) in [5.41, 5.74) is 0.448. The predicted octanol–water partition coefficient (Wildman–Crippen LogP) is 1.09. The van der Waals surface area contributed by atoms with Gasteiger partial charge < -0.3 is 4.90 Å². The first-order valence-corrected chi connectivity index (χ1v) is 9.69. The van der Waals surface area contributed by atoms with Gasteiger partial charge in [-0.1, -0.05) is 6.92 Å². The van der Waals surface area contributed by atoms with Gasteiger partial charge in [0.1, 0.15) is 11.6 Å². The van der Waals surface area contributed by atoms with Crippen LogP contribution in [0.4, 0.5) is 0 Å². The number of hydrogen-bond acceptors (Lipinski definition) is 5. The Hall–Kier alpha value is -2.22. The topological polar surface area (TPSA) is 85.2 Å². The van der Waals surface area contributed by atoms with E-state index in [0.717, 1.165) is 12.2 Å². The van der Waals surface area contributed by atoms with Crippen LogP contribution >= 0.6 is 0 Å². The second-order valence-corrected chi connectivity index (χ2v) is 8.17. The number of carbonyl (C=O) groups excluding carboxylic acids is 1. The third kappa shape index (κ3) is 3.19. The van der Waals surface area contributed by atoms with Crippen LogP contribution in [0.5, 0.6) is 0 Å². The summed E-state index contributed by atoms with van der Waals surface area (Å²) < 4.78 is 25.0. The lowest BCUT2D eigenvalue weighted by atomic mass is 10.2. The number of pyridine rings is 1. The summed E-state index contributed by atoms with van der Waals surface area (Å²) in [6.45, 7) is 2.02. The van der Waals surface area contributed by atoms with Crippen LogP contribution < -0.4 is 0 Å². The molecule has 1 aliphatic heterocycles. The van der Waals surface area contributed by atoms with Crippen LogP contribution in [-0.4, -0.2) is 58.4 Å². The minimum Gasteiger partial charge on any atom is -0.338 e. The van der Waals surface area contributed by atoms with Gasteiger partial charge in [0.15, 0.2) is 9.84 Å². The molecule has 0 aliphatic carbocycles. The van der Waals surface area contributed by atoms with E-state index in [9.17, 15) is 13.2 Å². The summed E-state index contributed by atoms with van der Waals surface area (Å²) in [6.07, 6.45) is 6.35. The molecule has 0 N–H and O–H groups in total. The summed E-state index contributed by atoms with van der Waals surface area (Å²) in [5.74, 6) is 1.57. The van der Waals surface area contributed by atoms with Gasteiger partial charge in [0.05, 0.1) is 17.1 Å². The van der Waals surface area contributed by atoms with E-state index >= 15 is 0 Å². The van der Waals surface area contributed by atoms with E-state index in [2.05, 4.69) is 9.97 Å². The molecule has 0 unspecified atom stereocenters. The van der Waals surface area contributed by atoms with Gasteiger partial charge in [-0.2, -0.15) is 0 Å². The molecular formula is C16H20N4O3S. The van der Waals surface area contributed by atoms with E-state index < -0.39 is 9.84 Å². The van der Waals surface area contributed by atoms with Crippen LogP contribution in [0.15, 0.2) is 30.7 Å². The zero-order valence-electron chi connectivity index (χ0n) is 13.7. The molecule has 2 aromatic heterocycles. The lowest BCUT2D eigenvalue weighted by Gasteiger charge is -2.23. The maximum Gasteiger partial charge on any atom is 0.255 e. The number of nitrogens with zero attached hydrogens (tertiary/aromatic N) is 4. The van der Waals surface area contributed by atoms with Gasteiger partial charge in [-0.25, -0.2) is 18.4 Å². The zero-order valence-corrected chi connectivity index (χ0v) is 14.5. The van der Waals surface area contributed by atoms with Gasteiger partial charge in [-0.3, -0.25) is 9.36 Å². The molecule has 0 aromatic carbocycles. The highest BCUT2D eigenvalue weighted by Crippen LogP contribution is 2.19. The van der Waals surface area contributed by atoms with E-state index in [1.165, 1.54) is 11.1 Å². The maximum atomic E-state index is 12.5. The number of aryl methyl sites for hydroxylation is 1. The van der Waals surface area contributed by atoms with Crippen molar-refractivity contribution in [3.05, 3.63) is 42.1 Å². The van der Waals surface area contributed by atoms with Gasteiger partial charge in [0, 0.05) is 38.1 Å². The van der Waals surface area contributed by atoms with Crippen molar-refractivity contribution in [3.8, 4) is 5.82 Å². The van der Waals surface area contributed by atoms with Gasteiger partial charge in [0.2, 0.25) is 0 Å². The third-order valence-electron chi connectivity index (χ3n) is 4.35. The molecule has 1 aliphatic rings. The Morgan fingerprint density at radius 2 is 2.17 bits per heavy atom. The Morgan fingerprint density at radius 1 is 1.38 bits per heavy atom. The first-order chi connectivity index (χ1) is 11.4. The maximum absolute atomic E-state index is 12.5. The summed E-state index contributed by atoms with van der Waals surface area (Å²) >= 11 is 0. The number of amides is 1. The van der Waals surface area contributed by atoms with Crippen molar-refractivity contribution in [2.75, 3.05) is 18.6 Å². The molecule has 1 fully saturated rings. The molecule has 3 rings (SSSR count). The Labute approximate surface area is 141 Å².